The van der Waals surface area contributed by atoms with Gasteiger partial charge < -0.3 is 4.52 Å². The zero-order valence-corrected chi connectivity index (χ0v) is 6.03. The lowest BCUT2D eigenvalue weighted by atomic mass is 10.1. The van der Waals surface area contributed by atoms with Crippen LogP contribution in [-0.4, -0.2) is 5.16 Å². The van der Waals surface area contributed by atoms with Gasteiger partial charge in [-0.05, 0) is 12.1 Å². The molecule has 4 nitrogen and oxygen atoms in total. The molecule has 0 atom stereocenters. The molecule has 1 N–H and O–H groups in total. The Balaban J connectivity index is 2.97. The number of rotatable bonds is 0. The van der Waals surface area contributed by atoms with Crippen LogP contribution in [0.4, 0.5) is 0 Å². The van der Waals surface area contributed by atoms with Crippen molar-refractivity contribution in [1.29, 1.82) is 0 Å². The van der Waals surface area contributed by atoms with Gasteiger partial charge in [0, 0.05) is 6.07 Å². The minimum Gasteiger partial charge on any atom is -0.378 e. The molecule has 0 bridgehead atoms. The number of H-pyrrole nitrogens is 1. The van der Waals surface area contributed by atoms with E-state index >= 15 is 0 Å². The molecule has 0 fully saturated rings. The Hall–Kier alpha value is -1.84. The Morgan fingerprint density at radius 1 is 1.25 bits per heavy atom. The van der Waals surface area contributed by atoms with Gasteiger partial charge >= 0.3 is 0 Å². The van der Waals surface area contributed by atoms with E-state index in [0.717, 1.165) is 0 Å². The first-order valence-corrected chi connectivity index (χ1v) is 3.39. The maximum absolute atomic E-state index is 11.1. The van der Waals surface area contributed by atoms with Crippen LogP contribution in [0, 0.1) is 0 Å². The van der Waals surface area contributed by atoms with Crippen molar-refractivity contribution in [2.75, 3.05) is 0 Å². The van der Waals surface area contributed by atoms with Crippen molar-refractivity contribution < 1.29 is 4.52 Å². The van der Waals surface area contributed by atoms with Crippen molar-refractivity contribution in [2.24, 2.45) is 0 Å². The summed E-state index contributed by atoms with van der Waals surface area (Å²) in [5, 5.41) is 2.13. The second kappa shape index (κ2) is 2.34. The number of aromatic amines is 1. The van der Waals surface area contributed by atoms with Crippen LogP contribution in [0.2, 0.25) is 0 Å². The fraction of sp³-hybridized carbons (Fsp3) is 0. The predicted octanol–water partition coefficient (Wildman–Crippen LogP) is 0.433. The van der Waals surface area contributed by atoms with Gasteiger partial charge in [-0.15, -0.1) is 0 Å². The Morgan fingerprint density at radius 3 is 2.92 bits per heavy atom. The van der Waals surface area contributed by atoms with Crippen molar-refractivity contribution >= 4 is 0 Å². The molecule has 60 valence electrons. The highest BCUT2D eigenvalue weighted by atomic mass is 16.5. The Labute approximate surface area is 66.8 Å². The highest BCUT2D eigenvalue weighted by Crippen LogP contribution is 2.11. The molecule has 0 amide bonds. The summed E-state index contributed by atoms with van der Waals surface area (Å²) in [6.45, 7) is 0. The van der Waals surface area contributed by atoms with E-state index in [2.05, 4.69) is 5.16 Å². The maximum Gasteiger partial charge on any atom is 0.277 e. The molecule has 2 aliphatic rings. The molecule has 0 spiro atoms. The second-order valence-electron chi connectivity index (χ2n) is 2.38. The minimum absolute atomic E-state index is 0.206. The van der Waals surface area contributed by atoms with Gasteiger partial charge in [0.1, 0.15) is 0 Å². The summed E-state index contributed by atoms with van der Waals surface area (Å²) in [6.07, 6.45) is 0. The van der Waals surface area contributed by atoms with Gasteiger partial charge in [-0.2, -0.15) is 5.16 Å². The molecule has 0 unspecified atom stereocenters. The SMILES string of the molecule is O=c1cc2c(=O)cccc-2o[nH]1. The molecule has 1 heterocycles. The van der Waals surface area contributed by atoms with Gasteiger partial charge in [0.2, 0.25) is 0 Å². The molecule has 12 heavy (non-hydrogen) atoms. The van der Waals surface area contributed by atoms with E-state index in [1.807, 2.05) is 0 Å². The lowest BCUT2D eigenvalue weighted by Gasteiger charge is -1.97. The van der Waals surface area contributed by atoms with Crippen LogP contribution in [0.25, 0.3) is 11.3 Å². The maximum atomic E-state index is 11.1. The Kier molecular flexibility index (Phi) is 1.33. The fourth-order valence-corrected chi connectivity index (χ4v) is 1.02. The third-order valence-electron chi connectivity index (χ3n) is 1.56. The smallest absolute Gasteiger partial charge is 0.277 e. The van der Waals surface area contributed by atoms with E-state index in [4.69, 9.17) is 4.52 Å². The molecule has 0 saturated carbocycles. The Morgan fingerprint density at radius 2 is 2.08 bits per heavy atom. The number of fused-ring (bicyclic) bond motifs is 1. The third-order valence-corrected chi connectivity index (χ3v) is 1.56. The topological polar surface area (TPSA) is 63.1 Å². The van der Waals surface area contributed by atoms with Crippen LogP contribution in [0.3, 0.4) is 0 Å². The minimum atomic E-state index is -0.411. The van der Waals surface area contributed by atoms with Gasteiger partial charge in [0.05, 0.1) is 5.56 Å². The van der Waals surface area contributed by atoms with Crippen LogP contribution in [0.1, 0.15) is 0 Å². The highest BCUT2D eigenvalue weighted by Gasteiger charge is 2.06. The monoisotopic (exact) mass is 163 g/mol. The average Bonchev–Trinajstić information content (AvgIpc) is 2.07. The number of benzene rings is 1. The van der Waals surface area contributed by atoms with Crippen molar-refractivity contribution in [2.45, 2.75) is 0 Å². The number of aromatic nitrogens is 1. The zero-order valence-electron chi connectivity index (χ0n) is 6.03. The predicted molar refractivity (Wildman–Crippen MR) is 42.2 cm³/mol. The van der Waals surface area contributed by atoms with Gasteiger partial charge in [0.15, 0.2) is 11.2 Å². The number of nitrogens with one attached hydrogen (secondary N) is 1. The van der Waals surface area contributed by atoms with Crippen LogP contribution in [0.5, 0.6) is 0 Å². The highest BCUT2D eigenvalue weighted by molar-refractivity contribution is 5.56. The van der Waals surface area contributed by atoms with E-state index in [9.17, 15) is 9.59 Å². The van der Waals surface area contributed by atoms with Crippen molar-refractivity contribution in [3.63, 3.8) is 0 Å². The summed E-state index contributed by atoms with van der Waals surface area (Å²) < 4.78 is 4.79. The molecule has 0 aromatic rings. The van der Waals surface area contributed by atoms with E-state index in [1.165, 1.54) is 12.1 Å². The van der Waals surface area contributed by atoms with E-state index < -0.39 is 5.56 Å². The molecule has 2 rings (SSSR count). The molecule has 4 heteroatoms. The largest absolute Gasteiger partial charge is 0.378 e. The fourth-order valence-electron chi connectivity index (χ4n) is 1.02. The standard InChI is InChI=1S/C8H5NO3/c10-6-2-1-3-7-5(6)4-8(11)9-12-7/h1-4H,(H,9,11). The van der Waals surface area contributed by atoms with E-state index in [0.29, 0.717) is 11.3 Å². The van der Waals surface area contributed by atoms with Crippen molar-refractivity contribution in [3.8, 4) is 11.3 Å². The lowest BCUT2D eigenvalue weighted by Crippen LogP contribution is -2.11. The second-order valence-corrected chi connectivity index (χ2v) is 2.38. The quantitative estimate of drug-likeness (QED) is 0.612. The molecule has 1 aliphatic carbocycles. The van der Waals surface area contributed by atoms with Gasteiger partial charge in [-0.3, -0.25) is 9.59 Å². The van der Waals surface area contributed by atoms with Crippen LogP contribution in [-0.2, 0) is 0 Å². The molecule has 0 radical (unpaired) electrons. The summed E-state index contributed by atoms with van der Waals surface area (Å²) in [6, 6.07) is 5.80. The first-order valence-electron chi connectivity index (χ1n) is 3.39. The summed E-state index contributed by atoms with van der Waals surface area (Å²) in [5.74, 6) is 0.391. The van der Waals surface area contributed by atoms with Gasteiger partial charge in [-0.25, -0.2) is 0 Å². The summed E-state index contributed by atoms with van der Waals surface area (Å²) in [5.41, 5.74) is -0.311. The normalized spacial score (nSPS) is 10.3. The first kappa shape index (κ1) is 6.84. The van der Waals surface area contributed by atoms with Crippen molar-refractivity contribution in [1.82, 2.24) is 5.16 Å². The van der Waals surface area contributed by atoms with Gasteiger partial charge in [-0.1, -0.05) is 6.07 Å². The van der Waals surface area contributed by atoms with Crippen LogP contribution >= 0.6 is 0 Å². The molecule has 0 aromatic heterocycles. The molecule has 0 saturated heterocycles. The van der Waals surface area contributed by atoms with E-state index in [-0.39, 0.29) is 5.43 Å². The van der Waals surface area contributed by atoms with Crippen LogP contribution < -0.4 is 11.0 Å². The number of hydrogen-bond acceptors (Lipinski definition) is 3. The van der Waals surface area contributed by atoms with Gasteiger partial charge in [0.25, 0.3) is 5.56 Å². The summed E-state index contributed by atoms with van der Waals surface area (Å²) >= 11 is 0. The lowest BCUT2D eigenvalue weighted by molar-refractivity contribution is 0.402. The van der Waals surface area contributed by atoms with Crippen LogP contribution in [0.15, 0.2) is 38.4 Å². The average molecular weight is 163 g/mol. The van der Waals surface area contributed by atoms with E-state index in [1.54, 1.807) is 12.1 Å². The number of hydrogen-bond donors (Lipinski definition) is 1. The molecule has 1 aliphatic heterocycles. The molecule has 0 aromatic carbocycles. The molecular weight excluding hydrogens is 158 g/mol. The third kappa shape index (κ3) is 0.934. The summed E-state index contributed by atoms with van der Waals surface area (Å²) in [7, 11) is 0. The molecular formula is C8H5NO3. The summed E-state index contributed by atoms with van der Waals surface area (Å²) in [4.78, 5) is 21.9. The Bertz CT molecular complexity index is 482. The van der Waals surface area contributed by atoms with Crippen molar-refractivity contribution in [3.05, 3.63) is 44.8 Å². The zero-order chi connectivity index (χ0) is 8.55. The first-order chi connectivity index (χ1) is 5.77.